The highest BCUT2D eigenvalue weighted by molar-refractivity contribution is 8.01. The summed E-state index contributed by atoms with van der Waals surface area (Å²) in [6.07, 6.45) is 3.71. The van der Waals surface area contributed by atoms with E-state index in [1.807, 2.05) is 12.4 Å². The zero-order valence-electron chi connectivity index (χ0n) is 9.88. The Morgan fingerprint density at radius 3 is 2.82 bits per heavy atom. The highest BCUT2D eigenvalue weighted by Crippen LogP contribution is 2.29. The molecule has 2 rings (SSSR count). The van der Waals surface area contributed by atoms with Gasteiger partial charge in [0, 0.05) is 6.21 Å². The van der Waals surface area contributed by atoms with Crippen molar-refractivity contribution in [3.8, 4) is 0 Å². The van der Waals surface area contributed by atoms with Crippen LogP contribution in [0.3, 0.4) is 0 Å². The number of aromatic nitrogens is 1. The van der Waals surface area contributed by atoms with Gasteiger partial charge in [-0.25, -0.2) is 9.98 Å². The molecule has 0 fully saturated rings. The van der Waals surface area contributed by atoms with Crippen LogP contribution in [0, 0.1) is 6.92 Å². The Kier molecular flexibility index (Phi) is 4.34. The number of aliphatic imine (C=N–C) groups is 1. The van der Waals surface area contributed by atoms with E-state index in [9.17, 15) is 0 Å². The van der Waals surface area contributed by atoms with Crippen LogP contribution < -0.4 is 0 Å². The van der Waals surface area contributed by atoms with E-state index < -0.39 is 0 Å². The first-order valence-corrected chi connectivity index (χ1v) is 7.27. The van der Waals surface area contributed by atoms with Crippen molar-refractivity contribution in [3.63, 3.8) is 0 Å². The Hall–Kier alpha value is -1.13. The molecule has 0 radical (unpaired) electrons. The van der Waals surface area contributed by atoms with Crippen molar-refractivity contribution in [3.05, 3.63) is 41.6 Å². The van der Waals surface area contributed by atoms with E-state index in [1.54, 1.807) is 23.1 Å². The summed E-state index contributed by atoms with van der Waals surface area (Å²) >= 11 is 3.39. The van der Waals surface area contributed by atoms with Gasteiger partial charge >= 0.3 is 0 Å². The van der Waals surface area contributed by atoms with Crippen LogP contribution >= 0.6 is 23.1 Å². The van der Waals surface area contributed by atoms with Gasteiger partial charge in [-0.15, -0.1) is 0 Å². The van der Waals surface area contributed by atoms with Gasteiger partial charge in [0.2, 0.25) is 0 Å². The summed E-state index contributed by atoms with van der Waals surface area (Å²) in [5, 5.41) is 0.960. The molecule has 0 saturated heterocycles. The van der Waals surface area contributed by atoms with E-state index in [1.165, 1.54) is 5.56 Å². The maximum atomic E-state index is 4.43. The fourth-order valence-electron chi connectivity index (χ4n) is 1.29. The molecule has 0 unspecified atom stereocenters. The maximum absolute atomic E-state index is 4.43. The van der Waals surface area contributed by atoms with Crippen molar-refractivity contribution in [1.29, 1.82) is 0 Å². The van der Waals surface area contributed by atoms with Crippen molar-refractivity contribution in [1.82, 2.24) is 4.98 Å². The Labute approximate surface area is 110 Å². The lowest BCUT2D eigenvalue weighted by Gasteiger charge is -1.93. The van der Waals surface area contributed by atoms with Crippen LogP contribution in [-0.4, -0.2) is 17.0 Å². The van der Waals surface area contributed by atoms with Gasteiger partial charge in [-0.1, -0.05) is 59.9 Å². The zero-order chi connectivity index (χ0) is 12.1. The topological polar surface area (TPSA) is 25.2 Å². The van der Waals surface area contributed by atoms with E-state index in [0.717, 1.165) is 20.7 Å². The molecule has 0 aliphatic carbocycles. The van der Waals surface area contributed by atoms with Crippen molar-refractivity contribution in [2.75, 3.05) is 5.75 Å². The molecule has 4 heteroatoms. The van der Waals surface area contributed by atoms with Crippen LogP contribution in [0.15, 0.2) is 39.8 Å². The lowest BCUT2D eigenvalue weighted by Crippen LogP contribution is -1.79. The lowest BCUT2D eigenvalue weighted by atomic mass is 10.2. The molecule has 0 bridgehead atoms. The Balaban J connectivity index is 2.06. The monoisotopic (exact) mass is 262 g/mol. The molecule has 88 valence electrons. The number of thiazole rings is 1. The maximum Gasteiger partial charge on any atom is 0.151 e. The summed E-state index contributed by atoms with van der Waals surface area (Å²) in [4.78, 5) is 8.73. The van der Waals surface area contributed by atoms with E-state index >= 15 is 0 Å². The molecular formula is C13H14N2S2. The van der Waals surface area contributed by atoms with Crippen LogP contribution in [0.5, 0.6) is 0 Å². The minimum Gasteiger partial charge on any atom is -0.244 e. The summed E-state index contributed by atoms with van der Waals surface area (Å²) in [5.41, 5.74) is 2.38. The number of rotatable bonds is 4. The molecule has 0 aliphatic heterocycles. The van der Waals surface area contributed by atoms with E-state index in [2.05, 4.69) is 48.1 Å². The average Bonchev–Trinajstić information content (AvgIpc) is 2.77. The molecule has 17 heavy (non-hydrogen) atoms. The smallest absolute Gasteiger partial charge is 0.151 e. The molecular weight excluding hydrogens is 248 g/mol. The Bertz CT molecular complexity index is 500. The number of aryl methyl sites for hydroxylation is 1. The third-order valence-electron chi connectivity index (χ3n) is 2.16. The second-order valence-electron chi connectivity index (χ2n) is 3.57. The van der Waals surface area contributed by atoms with Crippen LogP contribution in [0.2, 0.25) is 0 Å². The van der Waals surface area contributed by atoms with Crippen molar-refractivity contribution < 1.29 is 0 Å². The number of hydrogen-bond acceptors (Lipinski definition) is 4. The van der Waals surface area contributed by atoms with E-state index in [-0.39, 0.29) is 0 Å². The molecule has 0 amide bonds. The molecule has 1 aromatic carbocycles. The molecule has 1 aromatic heterocycles. The normalized spacial score (nSPS) is 11.2. The average molecular weight is 262 g/mol. The minimum atomic E-state index is 0.960. The van der Waals surface area contributed by atoms with Gasteiger partial charge in [-0.2, -0.15) is 0 Å². The molecule has 0 N–H and O–H groups in total. The second-order valence-corrected chi connectivity index (χ2v) is 6.09. The van der Waals surface area contributed by atoms with E-state index in [0.29, 0.717) is 0 Å². The van der Waals surface area contributed by atoms with Crippen LogP contribution in [0.1, 0.15) is 18.1 Å². The van der Waals surface area contributed by atoms with Gasteiger partial charge in [0.05, 0.1) is 6.20 Å². The number of nitrogens with zero attached hydrogens (tertiary/aromatic N) is 2. The number of benzene rings is 1. The third kappa shape index (κ3) is 3.68. The SMILES string of the molecule is CCSc1ncc(N=Cc2ccc(C)cc2)s1. The quantitative estimate of drug-likeness (QED) is 0.606. The third-order valence-corrected chi connectivity index (χ3v) is 4.10. The fourth-order valence-corrected chi connectivity index (χ4v) is 3.01. The van der Waals surface area contributed by atoms with Crippen LogP contribution in [-0.2, 0) is 0 Å². The Morgan fingerprint density at radius 2 is 2.12 bits per heavy atom. The molecule has 2 nitrogen and oxygen atoms in total. The highest BCUT2D eigenvalue weighted by Gasteiger charge is 1.99. The van der Waals surface area contributed by atoms with Crippen LogP contribution in [0.4, 0.5) is 5.00 Å². The summed E-state index contributed by atoms with van der Waals surface area (Å²) < 4.78 is 1.09. The van der Waals surface area contributed by atoms with Gasteiger partial charge in [0.1, 0.15) is 5.00 Å². The summed E-state index contributed by atoms with van der Waals surface area (Å²) in [5.74, 6) is 1.05. The molecule has 1 heterocycles. The molecule has 0 saturated carbocycles. The summed E-state index contributed by atoms with van der Waals surface area (Å²) in [7, 11) is 0. The van der Waals surface area contributed by atoms with Gasteiger partial charge < -0.3 is 0 Å². The van der Waals surface area contributed by atoms with E-state index in [4.69, 9.17) is 0 Å². The second kappa shape index (κ2) is 5.98. The Morgan fingerprint density at radius 1 is 1.35 bits per heavy atom. The van der Waals surface area contributed by atoms with Gasteiger partial charge in [0.25, 0.3) is 0 Å². The van der Waals surface area contributed by atoms with Crippen molar-refractivity contribution >= 4 is 34.3 Å². The predicted molar refractivity (Wildman–Crippen MR) is 76.9 cm³/mol. The minimum absolute atomic E-state index is 0.960. The lowest BCUT2D eigenvalue weighted by molar-refractivity contribution is 1.25. The molecule has 0 spiro atoms. The first-order valence-electron chi connectivity index (χ1n) is 5.47. The summed E-state index contributed by atoms with van der Waals surface area (Å²) in [6.45, 7) is 4.21. The van der Waals surface area contributed by atoms with Gasteiger partial charge in [0.15, 0.2) is 4.34 Å². The zero-order valence-corrected chi connectivity index (χ0v) is 11.5. The fraction of sp³-hybridized carbons (Fsp3) is 0.231. The van der Waals surface area contributed by atoms with Gasteiger partial charge in [-0.3, -0.25) is 0 Å². The predicted octanol–water partition coefficient (Wildman–Crippen LogP) is 4.31. The summed E-state index contributed by atoms with van der Waals surface area (Å²) in [6, 6.07) is 8.32. The van der Waals surface area contributed by atoms with Crippen molar-refractivity contribution in [2.24, 2.45) is 4.99 Å². The van der Waals surface area contributed by atoms with Crippen molar-refractivity contribution in [2.45, 2.75) is 18.2 Å². The first-order chi connectivity index (χ1) is 8.28. The standard InChI is InChI=1S/C13H14N2S2/c1-3-16-13-15-9-12(17-13)14-8-11-6-4-10(2)5-7-11/h4-9H,3H2,1-2H3. The number of hydrogen-bond donors (Lipinski definition) is 0. The number of thioether (sulfide) groups is 1. The van der Waals surface area contributed by atoms with Crippen LogP contribution in [0.25, 0.3) is 0 Å². The van der Waals surface area contributed by atoms with Gasteiger partial charge in [-0.05, 0) is 18.2 Å². The molecule has 0 atom stereocenters. The first kappa shape index (κ1) is 12.3. The molecule has 2 aromatic rings. The highest BCUT2D eigenvalue weighted by atomic mass is 32.2. The largest absolute Gasteiger partial charge is 0.244 e. The molecule has 0 aliphatic rings.